The number of ether oxygens (including phenoxy) is 2. The van der Waals surface area contributed by atoms with Gasteiger partial charge in [0.1, 0.15) is 24.4 Å². The molecule has 13 heteroatoms. The highest BCUT2D eigenvalue weighted by Crippen LogP contribution is 2.75. The van der Waals surface area contributed by atoms with Crippen molar-refractivity contribution in [2.45, 2.75) is 142 Å². The number of benzene rings is 1. The Bertz CT molecular complexity index is 1820. The number of ketones is 1. The molecule has 56 heavy (non-hydrogen) atoms. The third-order valence-electron chi connectivity index (χ3n) is 16.5. The summed E-state index contributed by atoms with van der Waals surface area (Å²) in [5.41, 5.74) is -0.252. The van der Waals surface area contributed by atoms with Crippen LogP contribution in [-0.4, -0.2) is 107 Å². The van der Waals surface area contributed by atoms with Gasteiger partial charge in [-0.05, 0) is 116 Å². The van der Waals surface area contributed by atoms with E-state index in [-0.39, 0.29) is 35.2 Å². The average molecular weight is 785 g/mol. The molecule has 0 bridgehead atoms. The quantitative estimate of drug-likeness (QED) is 0.114. The molecule has 0 aromatic heterocycles. The molecule has 13 nitrogen and oxygen atoms in total. The van der Waals surface area contributed by atoms with Crippen molar-refractivity contribution < 1.29 is 65.0 Å². The minimum atomic E-state index is -1.71. The van der Waals surface area contributed by atoms with Crippen molar-refractivity contribution in [3.05, 3.63) is 40.5 Å². The maximum atomic E-state index is 14.6. The van der Waals surface area contributed by atoms with E-state index in [1.54, 1.807) is 0 Å². The first-order valence-corrected chi connectivity index (χ1v) is 20.2. The number of hydrogen-bond acceptors (Lipinski definition) is 13. The molecule has 3 saturated carbocycles. The number of esters is 1. The molecule has 4 fully saturated rings. The van der Waals surface area contributed by atoms with Crippen LogP contribution in [0.4, 0.5) is 0 Å². The Kier molecular flexibility index (Phi) is 10.1. The summed E-state index contributed by atoms with van der Waals surface area (Å²) in [4.78, 5) is 28.4. The highest BCUT2D eigenvalue weighted by molar-refractivity contribution is 5.97. The summed E-state index contributed by atoms with van der Waals surface area (Å²) < 4.78 is 11.5. The summed E-state index contributed by atoms with van der Waals surface area (Å²) in [5, 5.41) is 94.8. The Hall–Kier alpha value is -3.04. The summed E-state index contributed by atoms with van der Waals surface area (Å²) in [6, 6.07) is 2.20. The van der Waals surface area contributed by atoms with E-state index in [1.165, 1.54) is 0 Å². The second kappa shape index (κ2) is 13.8. The molecule has 0 amide bonds. The first-order chi connectivity index (χ1) is 26.1. The fraction of sp³-hybridized carbons (Fsp3) is 0.721. The molecule has 1 heterocycles. The van der Waals surface area contributed by atoms with Gasteiger partial charge in [-0.15, -0.1) is 0 Å². The molecular weight excluding hydrogens is 724 g/mol. The largest absolute Gasteiger partial charge is 0.504 e. The van der Waals surface area contributed by atoms with Crippen molar-refractivity contribution in [2.24, 2.45) is 44.8 Å². The second-order valence-corrected chi connectivity index (χ2v) is 19.1. The summed E-state index contributed by atoms with van der Waals surface area (Å²) in [6.45, 7) is 12.2. The van der Waals surface area contributed by atoms with Crippen LogP contribution in [0.1, 0.15) is 110 Å². The van der Waals surface area contributed by atoms with E-state index in [9.17, 15) is 55.5 Å². The number of carbonyl (C=O) groups is 2. The van der Waals surface area contributed by atoms with Gasteiger partial charge in [-0.2, -0.15) is 0 Å². The number of fused-ring (bicyclic) bond motifs is 7. The van der Waals surface area contributed by atoms with Crippen LogP contribution < -0.4 is 0 Å². The molecule has 1 aromatic carbocycles. The van der Waals surface area contributed by atoms with Crippen LogP contribution in [0.2, 0.25) is 0 Å². The molecule has 310 valence electrons. The maximum absolute atomic E-state index is 14.6. The molecule has 7 rings (SSSR count). The van der Waals surface area contributed by atoms with Gasteiger partial charge in [0.05, 0.1) is 24.2 Å². The number of carbonyl (C=O) groups excluding carboxylic acids is 2. The molecule has 1 aromatic rings. The number of phenols is 3. The molecule has 6 aliphatic rings. The topological polar surface area (TPSA) is 235 Å². The van der Waals surface area contributed by atoms with E-state index in [0.29, 0.717) is 38.5 Å². The Balaban J connectivity index is 1.24. The van der Waals surface area contributed by atoms with Crippen LogP contribution in [0, 0.1) is 44.8 Å². The molecule has 0 unspecified atom stereocenters. The van der Waals surface area contributed by atoms with Gasteiger partial charge in [-0.25, -0.2) is 0 Å². The van der Waals surface area contributed by atoms with Crippen molar-refractivity contribution in [3.63, 3.8) is 0 Å². The predicted octanol–water partition coefficient (Wildman–Crippen LogP) is 3.75. The molecule has 15 atom stereocenters. The number of rotatable bonds is 6. The monoisotopic (exact) mass is 784 g/mol. The average Bonchev–Trinajstić information content (AvgIpc) is 3.14. The van der Waals surface area contributed by atoms with Gasteiger partial charge in [0, 0.05) is 17.4 Å². The normalized spacial score (nSPS) is 46.1. The van der Waals surface area contributed by atoms with Crippen molar-refractivity contribution in [2.75, 3.05) is 6.61 Å². The van der Waals surface area contributed by atoms with Crippen molar-refractivity contribution in [1.82, 2.24) is 0 Å². The Labute approximate surface area is 327 Å². The van der Waals surface area contributed by atoms with Gasteiger partial charge in [0.2, 0.25) is 6.29 Å². The molecule has 1 aliphatic heterocycles. The molecule has 9 N–H and O–H groups in total. The third kappa shape index (κ3) is 5.66. The minimum Gasteiger partial charge on any atom is -0.504 e. The number of aliphatic hydroxyl groups is 6. The maximum Gasteiger partial charge on any atom is 0.318 e. The fourth-order valence-corrected chi connectivity index (χ4v) is 13.0. The number of aliphatic hydroxyl groups excluding tert-OH is 6. The van der Waals surface area contributed by atoms with Gasteiger partial charge in [-0.1, -0.05) is 46.3 Å². The van der Waals surface area contributed by atoms with Gasteiger partial charge in [0.25, 0.3) is 0 Å². The highest BCUT2D eigenvalue weighted by Gasteiger charge is 2.70. The van der Waals surface area contributed by atoms with E-state index >= 15 is 0 Å². The van der Waals surface area contributed by atoms with Crippen LogP contribution in [0.3, 0.4) is 0 Å². The molecule has 1 saturated heterocycles. The van der Waals surface area contributed by atoms with E-state index < -0.39 is 100 Å². The molecule has 5 aliphatic carbocycles. The van der Waals surface area contributed by atoms with Crippen LogP contribution >= 0.6 is 0 Å². The van der Waals surface area contributed by atoms with Crippen LogP contribution in [0.5, 0.6) is 17.2 Å². The number of allylic oxidation sites excluding steroid dienone is 3. The SMILES string of the molecule is CC1=C2C3=CC[C@@H]4[C@@]5(C)C[C@@H](O)[C@H](O)[C@@](C)(CC(=O)c6cc(O)c(O)c(O)c6)[C@@H]5CC[C@@]4(C)[C@]3(C)CC[C@@]2(C(=O)O[C@@H]2O[C@H](CO)[C@@H](O)[C@H](O)[C@H]2O)CC[C@H]1C. The van der Waals surface area contributed by atoms with Gasteiger partial charge in [-0.3, -0.25) is 9.59 Å². The lowest BCUT2D eigenvalue weighted by Gasteiger charge is -2.71. The van der Waals surface area contributed by atoms with Crippen molar-refractivity contribution >= 4 is 11.8 Å². The number of Topliss-reactive ketones (excluding diaryl/α,β-unsaturated/α-hetero) is 1. The van der Waals surface area contributed by atoms with E-state index in [2.05, 4.69) is 40.7 Å². The van der Waals surface area contributed by atoms with Crippen LogP contribution in [-0.2, 0) is 14.3 Å². The Morgan fingerprint density at radius 1 is 0.875 bits per heavy atom. The lowest BCUT2D eigenvalue weighted by molar-refractivity contribution is -0.295. The standard InChI is InChI=1S/C43H60O13/c1-20-9-12-43(38(54)56-37-35(52)34(51)33(50)28(19-44)55-37)14-13-41(5)23(31(43)21(20)2)7-8-30-39(3)18-27(48)36(53)40(4,29(39)10-11-42(30,41)6)17-26(47)22-15-24(45)32(49)25(46)16-22/h7,15-16,20,27-30,33-37,44-46,48-53H,8-14,17-19H2,1-6H3/t20-,27-,28-,29-,30-,33-,34+,35-,36+,37+,39+,40+,41-,42-,43+/m1/s1. The summed E-state index contributed by atoms with van der Waals surface area (Å²) in [7, 11) is 0. The van der Waals surface area contributed by atoms with Crippen molar-refractivity contribution in [3.8, 4) is 17.2 Å². The fourth-order valence-electron chi connectivity index (χ4n) is 13.0. The van der Waals surface area contributed by atoms with Gasteiger partial charge >= 0.3 is 5.97 Å². The summed E-state index contributed by atoms with van der Waals surface area (Å²) in [6.07, 6.45) is -3.29. The third-order valence-corrected chi connectivity index (χ3v) is 16.5. The Morgan fingerprint density at radius 3 is 2.18 bits per heavy atom. The Morgan fingerprint density at radius 2 is 1.54 bits per heavy atom. The summed E-state index contributed by atoms with van der Waals surface area (Å²) in [5.74, 6) is -2.97. The first-order valence-electron chi connectivity index (χ1n) is 20.2. The predicted molar refractivity (Wildman–Crippen MR) is 201 cm³/mol. The zero-order valence-corrected chi connectivity index (χ0v) is 33.2. The second-order valence-electron chi connectivity index (χ2n) is 19.1. The zero-order chi connectivity index (χ0) is 41.1. The number of aromatic hydroxyl groups is 3. The number of hydrogen-bond donors (Lipinski definition) is 9. The zero-order valence-electron chi connectivity index (χ0n) is 33.2. The van der Waals surface area contributed by atoms with E-state index in [4.69, 9.17) is 9.47 Å². The van der Waals surface area contributed by atoms with Crippen molar-refractivity contribution in [1.29, 1.82) is 0 Å². The number of phenolic OH excluding ortho intramolecular Hbond substituents is 3. The highest BCUT2D eigenvalue weighted by atomic mass is 16.7. The lowest BCUT2D eigenvalue weighted by Crippen LogP contribution is -2.67. The van der Waals surface area contributed by atoms with E-state index in [1.807, 2.05) is 6.92 Å². The lowest BCUT2D eigenvalue weighted by atomic mass is 9.34. The van der Waals surface area contributed by atoms with Gasteiger partial charge < -0.3 is 55.4 Å². The first kappa shape index (κ1) is 41.1. The summed E-state index contributed by atoms with van der Waals surface area (Å²) >= 11 is 0. The smallest absolute Gasteiger partial charge is 0.318 e. The van der Waals surface area contributed by atoms with E-state index in [0.717, 1.165) is 41.7 Å². The molecule has 0 radical (unpaired) electrons. The van der Waals surface area contributed by atoms with Gasteiger partial charge in [0.15, 0.2) is 23.0 Å². The molecule has 0 spiro atoms. The van der Waals surface area contributed by atoms with Crippen LogP contribution in [0.15, 0.2) is 34.9 Å². The molecular formula is C43H60O13. The van der Waals surface area contributed by atoms with Crippen LogP contribution in [0.25, 0.3) is 0 Å². The minimum absolute atomic E-state index is 0.00694.